The minimum atomic E-state index is -3.28. The number of carbonyl (C=O) groups excluding carboxylic acids is 9. The number of nitrogens with zero attached hydrogens (tertiary/aromatic N) is 11. The summed E-state index contributed by atoms with van der Waals surface area (Å²) in [6.45, 7) is 19.6. The molecule has 0 radical (unpaired) electrons. The van der Waals surface area contributed by atoms with Gasteiger partial charge in [-0.05, 0) is 170 Å². The Kier molecular flexibility index (Phi) is 44.1. The molecule has 7 heterocycles. The van der Waals surface area contributed by atoms with Crippen LogP contribution >= 0.6 is 19.2 Å². The fraction of sp³-hybridized carbons (Fsp3) is 0.333. The summed E-state index contributed by atoms with van der Waals surface area (Å²) in [6.07, 6.45) is 27.1. The zero-order valence-corrected chi connectivity index (χ0v) is 55.4. The molecule has 0 atom stereocenters. The van der Waals surface area contributed by atoms with Crippen LogP contribution < -0.4 is 5.32 Å². The molecule has 0 saturated heterocycles. The first-order valence-corrected chi connectivity index (χ1v) is 30.7. The lowest BCUT2D eigenvalue weighted by Gasteiger charge is -2.19. The van der Waals surface area contributed by atoms with E-state index in [1.54, 1.807) is 167 Å². The number of rotatable bonds is 17. The van der Waals surface area contributed by atoms with Crippen molar-refractivity contribution in [2.45, 2.75) is 82.1 Å². The van der Waals surface area contributed by atoms with Crippen LogP contribution in [0.1, 0.15) is 115 Å². The normalized spacial score (nSPS) is 12.2. The Hall–Kier alpha value is -10.2. The third-order valence-corrected chi connectivity index (χ3v) is 12.3. The van der Waals surface area contributed by atoms with Gasteiger partial charge in [-0.3, -0.25) is 43.0 Å². The molecule has 0 spiro atoms. The summed E-state index contributed by atoms with van der Waals surface area (Å²) in [4.78, 5) is 109. The van der Waals surface area contributed by atoms with Gasteiger partial charge in [-0.2, -0.15) is 45.9 Å². The molecular formula is C63H78ClN12O17P. The molecular weight excluding hydrogens is 1260 g/mol. The average Bonchev–Trinajstić information content (AvgIpc) is 1.31. The second kappa shape index (κ2) is 49.5. The van der Waals surface area contributed by atoms with Crippen LogP contribution in [0, 0.1) is 10.8 Å². The molecule has 29 nitrogen and oxygen atoms in total. The predicted octanol–water partition coefficient (Wildman–Crippen LogP) is 8.00. The highest BCUT2D eigenvalue weighted by molar-refractivity contribution is 7.54. The third-order valence-electron chi connectivity index (χ3n) is 9.81. The van der Waals surface area contributed by atoms with E-state index >= 15 is 0 Å². The molecule has 2 aliphatic heterocycles. The van der Waals surface area contributed by atoms with Gasteiger partial charge in [0.25, 0.3) is 11.8 Å². The van der Waals surface area contributed by atoms with Crippen LogP contribution in [0.4, 0.5) is 0 Å². The van der Waals surface area contributed by atoms with E-state index in [2.05, 4.69) is 70.5 Å². The van der Waals surface area contributed by atoms with Gasteiger partial charge in [0, 0.05) is 73.8 Å². The van der Waals surface area contributed by atoms with Crippen LogP contribution in [0.5, 0.6) is 0 Å². The fourth-order valence-electron chi connectivity index (χ4n) is 5.39. The zero-order chi connectivity index (χ0) is 70.6. The van der Waals surface area contributed by atoms with Crippen molar-refractivity contribution in [3.8, 4) is 0 Å². The number of ether oxygens (including phenoxy) is 3. The van der Waals surface area contributed by atoms with Crippen molar-refractivity contribution >= 4 is 103 Å². The maximum atomic E-state index is 11.8. The Bertz CT molecular complexity index is 3320. The molecule has 0 saturated carbocycles. The minimum Gasteiger partial charge on any atom is -0.478 e. The highest BCUT2D eigenvalue weighted by Crippen LogP contribution is 2.47. The van der Waals surface area contributed by atoms with E-state index in [0.29, 0.717) is 54.3 Å². The zero-order valence-electron chi connectivity index (χ0n) is 53.8. The van der Waals surface area contributed by atoms with Crippen LogP contribution in [0.25, 0.3) is 24.3 Å². The largest absolute Gasteiger partial charge is 0.478 e. The number of carboxylic acid groups (broad SMARTS) is 1. The Labute approximate surface area is 549 Å². The quantitative estimate of drug-likeness (QED) is 0.0169. The van der Waals surface area contributed by atoms with E-state index in [0.717, 1.165) is 25.1 Å². The summed E-state index contributed by atoms with van der Waals surface area (Å²) in [5.41, 5.74) is 1.57. The summed E-state index contributed by atoms with van der Waals surface area (Å²) in [7, 11) is -3.28. The number of hydrogen-bond donors (Lipinski definition) is 2. The van der Waals surface area contributed by atoms with E-state index < -0.39 is 36.9 Å². The summed E-state index contributed by atoms with van der Waals surface area (Å²) in [6, 6.07) is 17.0. The smallest absolute Gasteiger partial charge is 0.341 e. The SMILES string of the molecule is CC(C)(C)C(=O)Cl.CC(C)(C)C(=O)OC(=O)/C=C/c1cccnn1.CCOC(=O)/C=C/c1cccnn1.CCOC(=O)CP(=O)(OCC)OCC.O=C(O)/C=C/c1cccnn1.O=C1C=CCCN1.O=C1C=CCCN1C(=O)/C=C/c1cccnn1.O=Cc1cccnn1. The van der Waals surface area contributed by atoms with Gasteiger partial charge in [-0.1, -0.05) is 32.9 Å². The molecule has 0 unspecified atom stereocenters. The number of aromatic nitrogens is 10. The van der Waals surface area contributed by atoms with Gasteiger partial charge in [-0.15, -0.1) is 5.10 Å². The van der Waals surface area contributed by atoms with Gasteiger partial charge in [0.2, 0.25) is 11.1 Å². The Morgan fingerprint density at radius 3 is 1.32 bits per heavy atom. The maximum Gasteiger partial charge on any atom is 0.341 e. The molecule has 504 valence electrons. The Morgan fingerprint density at radius 1 is 0.585 bits per heavy atom. The molecule has 2 aliphatic rings. The second-order valence-corrected chi connectivity index (χ2v) is 22.1. The van der Waals surface area contributed by atoms with Crippen molar-refractivity contribution in [1.82, 2.24) is 61.2 Å². The lowest BCUT2D eigenvalue weighted by Crippen LogP contribution is -2.37. The number of aliphatic carboxylic acids is 1. The summed E-state index contributed by atoms with van der Waals surface area (Å²) in [5.74, 6) is -3.76. The first kappa shape index (κ1) is 83.8. The topological polar surface area (TPSA) is 398 Å². The minimum absolute atomic E-state index is 0.0336. The van der Waals surface area contributed by atoms with Gasteiger partial charge in [0.1, 0.15) is 11.9 Å². The molecule has 5 aromatic rings. The number of nitrogens with one attached hydrogen (secondary N) is 1. The van der Waals surface area contributed by atoms with Crippen LogP contribution in [0.3, 0.4) is 0 Å². The maximum absolute atomic E-state index is 11.8. The van der Waals surface area contributed by atoms with Crippen molar-refractivity contribution in [2.24, 2.45) is 10.8 Å². The average molecular weight is 1340 g/mol. The molecule has 0 aliphatic carbocycles. The van der Waals surface area contributed by atoms with Crippen molar-refractivity contribution < 1.29 is 80.9 Å². The molecule has 2 N–H and O–H groups in total. The van der Waals surface area contributed by atoms with E-state index in [4.69, 9.17) is 25.8 Å². The van der Waals surface area contributed by atoms with E-state index in [9.17, 15) is 52.5 Å². The van der Waals surface area contributed by atoms with E-state index in [1.807, 2.05) is 6.08 Å². The second-order valence-electron chi connectivity index (χ2n) is 19.7. The molecule has 5 aromatic heterocycles. The number of carbonyl (C=O) groups is 10. The lowest BCUT2D eigenvalue weighted by molar-refractivity contribution is -0.162. The third kappa shape index (κ3) is 44.3. The molecule has 0 aromatic carbocycles. The number of amides is 3. The number of esters is 4. The molecule has 0 fully saturated rings. The van der Waals surface area contributed by atoms with Crippen LogP contribution in [-0.4, -0.2) is 166 Å². The van der Waals surface area contributed by atoms with Crippen LogP contribution in [0.15, 0.2) is 140 Å². The van der Waals surface area contributed by atoms with Crippen LogP contribution in [0.2, 0.25) is 0 Å². The van der Waals surface area contributed by atoms with Crippen molar-refractivity contribution in [1.29, 1.82) is 0 Å². The summed E-state index contributed by atoms with van der Waals surface area (Å²) in [5, 5.41) is 47.1. The van der Waals surface area contributed by atoms with Gasteiger partial charge < -0.3 is 33.7 Å². The first-order chi connectivity index (χ1) is 44.6. The Balaban J connectivity index is 0.00000107. The van der Waals surface area contributed by atoms with Crippen molar-refractivity contribution in [3.05, 3.63) is 169 Å². The predicted molar refractivity (Wildman–Crippen MR) is 346 cm³/mol. The van der Waals surface area contributed by atoms with E-state index in [-0.39, 0.29) is 60.3 Å². The summed E-state index contributed by atoms with van der Waals surface area (Å²) < 4.78 is 35.6. The number of carboxylic acids is 1. The van der Waals surface area contributed by atoms with Crippen LogP contribution in [-0.2, 0) is 71.0 Å². The molecule has 3 amide bonds. The molecule has 0 bridgehead atoms. The summed E-state index contributed by atoms with van der Waals surface area (Å²) >= 11 is 5.11. The highest BCUT2D eigenvalue weighted by atomic mass is 35.5. The van der Waals surface area contributed by atoms with Gasteiger partial charge in [-0.25, -0.2) is 14.4 Å². The highest BCUT2D eigenvalue weighted by Gasteiger charge is 2.28. The van der Waals surface area contributed by atoms with Crippen molar-refractivity contribution in [3.63, 3.8) is 0 Å². The standard InChI is InChI=1S/C12H11N3O2.C12H14N2O3.C9H10N2O2.C8H17O5P.C7H6N2O2.C5H9ClO.C5H4N2O.C5H7NO/c16-11-5-1-2-9-15(11)12(17)7-6-10-4-3-8-13-14-10;1-12(2,3)11(16)17-10(15)7-6-9-5-4-8-13-14-9;1-2-13-9(12)6-5-8-4-3-7-10-11-8;1-4-11-8(9)7-14(10,12-5-2)13-6-3;10-7(11)4-3-6-2-1-5-8-9-6;1-5(2,3)4(6)7;8-4-5-2-1-3-6-7-5;7-5-3-1-2-4-6-5/h1,3-8H,2,9H2;4-8H,1-3H3;3-7H,2H2,1H3;4-7H2,1-3H3;1-5H,(H,10,11);1-3H3;1-4H;1,3H,2,4H2,(H,6,7)/b2*7-6+;6-5+;;4-3+;;;. The van der Waals surface area contributed by atoms with E-state index in [1.165, 1.54) is 53.9 Å². The van der Waals surface area contributed by atoms with Gasteiger partial charge in [0.05, 0.1) is 54.6 Å². The fourth-order valence-corrected chi connectivity index (χ4v) is 6.84. The number of hydrogen-bond acceptors (Lipinski definition) is 26. The molecule has 94 heavy (non-hydrogen) atoms. The number of aldehydes is 1. The number of imide groups is 1. The van der Waals surface area contributed by atoms with Gasteiger partial charge >= 0.3 is 37.4 Å². The Morgan fingerprint density at radius 2 is 1.00 bits per heavy atom. The number of halogens is 1. The monoisotopic (exact) mass is 1340 g/mol. The molecule has 7 rings (SSSR count). The van der Waals surface area contributed by atoms with Gasteiger partial charge in [0.15, 0.2) is 6.29 Å². The lowest BCUT2D eigenvalue weighted by atomic mass is 9.97. The van der Waals surface area contributed by atoms with Crippen molar-refractivity contribution in [2.75, 3.05) is 45.7 Å². The molecule has 31 heteroatoms. The first-order valence-electron chi connectivity index (χ1n) is 28.5.